The number of hydrogen-bond acceptors (Lipinski definition) is 8. The predicted molar refractivity (Wildman–Crippen MR) is 115 cm³/mol. The number of Topliss-reactive ketones (excluding diaryl/α,β-unsaturated/α-hetero) is 1. The van der Waals surface area contributed by atoms with E-state index in [1.54, 1.807) is 55.5 Å². The Morgan fingerprint density at radius 3 is 2.25 bits per heavy atom. The van der Waals surface area contributed by atoms with Gasteiger partial charge in [-0.25, -0.2) is 15.0 Å². The van der Waals surface area contributed by atoms with Crippen LogP contribution in [0.3, 0.4) is 0 Å². The Morgan fingerprint density at radius 2 is 1.62 bits per heavy atom. The van der Waals surface area contributed by atoms with Gasteiger partial charge in [-0.15, -0.1) is 0 Å². The Kier molecular flexibility index (Phi) is 9.38. The second-order valence-electron chi connectivity index (χ2n) is 6.21. The first-order valence-corrected chi connectivity index (χ1v) is 9.60. The molecule has 10 heteroatoms. The number of carbonyl (C=O) groups is 4. The molecule has 0 bridgehead atoms. The van der Waals surface area contributed by atoms with Crippen molar-refractivity contribution in [2.45, 2.75) is 6.92 Å². The van der Waals surface area contributed by atoms with E-state index in [0.717, 1.165) is 0 Å². The fraction of sp³-hybridized carbons (Fsp3) is 0.227. The Bertz CT molecular complexity index is 970. The summed E-state index contributed by atoms with van der Waals surface area (Å²) in [5, 5.41) is 6.29. The maximum absolute atomic E-state index is 12.3. The average Bonchev–Trinajstić information content (AvgIpc) is 2.81. The molecule has 0 aliphatic carbocycles. The quantitative estimate of drug-likeness (QED) is 0.249. The Morgan fingerprint density at radius 1 is 0.969 bits per heavy atom. The van der Waals surface area contributed by atoms with Crippen LogP contribution in [0.4, 0.5) is 4.79 Å². The van der Waals surface area contributed by atoms with Crippen LogP contribution in [-0.2, 0) is 14.3 Å². The van der Waals surface area contributed by atoms with Crippen LogP contribution in [0.15, 0.2) is 53.6 Å². The number of esters is 1. The van der Waals surface area contributed by atoms with E-state index in [-0.39, 0.29) is 25.5 Å². The molecule has 0 fully saturated rings. The number of hydrogen-bond donors (Lipinski definition) is 2. The zero-order valence-corrected chi connectivity index (χ0v) is 17.6. The number of carbonyl (C=O) groups excluding carboxylic acids is 4. The number of nitrogens with one attached hydrogen (secondary N) is 2. The fourth-order valence-electron chi connectivity index (χ4n) is 2.35. The molecule has 0 saturated carbocycles. The van der Waals surface area contributed by atoms with Crippen molar-refractivity contribution < 1.29 is 33.4 Å². The van der Waals surface area contributed by atoms with Gasteiger partial charge in [0.15, 0.2) is 12.4 Å². The van der Waals surface area contributed by atoms with Gasteiger partial charge in [-0.2, -0.15) is 5.10 Å². The van der Waals surface area contributed by atoms with Crippen molar-refractivity contribution in [3.8, 4) is 5.75 Å². The molecule has 0 saturated heterocycles. The maximum atomic E-state index is 12.3. The molecule has 2 aromatic carbocycles. The molecule has 0 aliphatic heterocycles. The van der Waals surface area contributed by atoms with Gasteiger partial charge in [0, 0.05) is 11.1 Å². The van der Waals surface area contributed by atoms with Crippen LogP contribution in [0, 0.1) is 0 Å². The summed E-state index contributed by atoms with van der Waals surface area (Å²) in [7, 11) is 1.26. The minimum Gasteiger partial charge on any atom is -0.482 e. The van der Waals surface area contributed by atoms with Crippen LogP contribution in [-0.4, -0.2) is 56.8 Å². The van der Waals surface area contributed by atoms with E-state index in [1.807, 2.05) is 0 Å². The van der Waals surface area contributed by atoms with Crippen LogP contribution < -0.4 is 15.5 Å². The summed E-state index contributed by atoms with van der Waals surface area (Å²) in [4.78, 5) is 46.8. The van der Waals surface area contributed by atoms with Gasteiger partial charge in [0.25, 0.3) is 5.91 Å². The zero-order valence-electron chi connectivity index (χ0n) is 17.6. The van der Waals surface area contributed by atoms with Crippen molar-refractivity contribution in [3.05, 3.63) is 65.2 Å². The Balaban J connectivity index is 1.82. The molecule has 0 unspecified atom stereocenters. The molecule has 2 rings (SSSR count). The molecule has 0 radical (unpaired) electrons. The van der Waals surface area contributed by atoms with Gasteiger partial charge in [0.05, 0.1) is 26.5 Å². The number of benzene rings is 2. The highest BCUT2D eigenvalue weighted by atomic mass is 16.6. The normalized spacial score (nSPS) is 10.3. The number of ketones is 1. The standard InChI is InChI=1S/C22H23N3O7/c1-3-31-22(29)25-24-12-15-4-6-17(7-5-15)21(28)23-13-19(26)16-8-10-18(11-9-16)32-14-20(27)30-2/h4-12H,3,13-14H2,1-2H3,(H,23,28)(H,25,29). The number of nitrogens with zero attached hydrogens (tertiary/aromatic N) is 1. The van der Waals surface area contributed by atoms with Crippen molar-refractivity contribution in [1.29, 1.82) is 0 Å². The van der Waals surface area contributed by atoms with Gasteiger partial charge in [-0.1, -0.05) is 12.1 Å². The fourth-order valence-corrected chi connectivity index (χ4v) is 2.35. The lowest BCUT2D eigenvalue weighted by Gasteiger charge is -2.07. The molecule has 0 aromatic heterocycles. The maximum Gasteiger partial charge on any atom is 0.427 e. The van der Waals surface area contributed by atoms with E-state index in [1.165, 1.54) is 13.3 Å². The minimum absolute atomic E-state index is 0.187. The highest BCUT2D eigenvalue weighted by molar-refractivity contribution is 6.02. The second kappa shape index (κ2) is 12.5. The summed E-state index contributed by atoms with van der Waals surface area (Å²) < 4.78 is 14.4. The zero-order chi connectivity index (χ0) is 23.3. The molecule has 0 aliphatic rings. The third-order valence-electron chi connectivity index (χ3n) is 3.99. The average molecular weight is 441 g/mol. The second-order valence-corrected chi connectivity index (χ2v) is 6.21. The van der Waals surface area contributed by atoms with Gasteiger partial charge < -0.3 is 19.5 Å². The number of methoxy groups -OCH3 is 1. The van der Waals surface area contributed by atoms with Crippen LogP contribution in [0.1, 0.15) is 33.2 Å². The SMILES string of the molecule is CCOC(=O)NN=Cc1ccc(C(=O)NCC(=O)c2ccc(OCC(=O)OC)cc2)cc1. The molecular weight excluding hydrogens is 418 g/mol. The number of rotatable bonds is 10. The third-order valence-corrected chi connectivity index (χ3v) is 3.99. The van der Waals surface area contributed by atoms with E-state index in [9.17, 15) is 19.2 Å². The molecule has 2 amide bonds. The van der Waals surface area contributed by atoms with Gasteiger partial charge in [0.1, 0.15) is 5.75 Å². The molecular formula is C22H23N3O7. The number of hydrazone groups is 1. The predicted octanol–water partition coefficient (Wildman–Crippen LogP) is 1.93. The van der Waals surface area contributed by atoms with Crippen molar-refractivity contribution in [2.24, 2.45) is 5.10 Å². The van der Waals surface area contributed by atoms with Gasteiger partial charge >= 0.3 is 12.1 Å². The van der Waals surface area contributed by atoms with Gasteiger partial charge in [-0.05, 0) is 48.9 Å². The molecule has 2 aromatic rings. The molecule has 10 nitrogen and oxygen atoms in total. The van der Waals surface area contributed by atoms with Crippen molar-refractivity contribution in [1.82, 2.24) is 10.7 Å². The van der Waals surface area contributed by atoms with Gasteiger partial charge in [0.2, 0.25) is 0 Å². The first-order chi connectivity index (χ1) is 15.4. The monoisotopic (exact) mass is 441 g/mol. The van der Waals surface area contributed by atoms with E-state index in [4.69, 9.17) is 4.74 Å². The summed E-state index contributed by atoms with van der Waals surface area (Å²) in [6.45, 7) is 1.51. The van der Waals surface area contributed by atoms with Crippen LogP contribution in [0.2, 0.25) is 0 Å². The Hall–Kier alpha value is -4.21. The van der Waals surface area contributed by atoms with Crippen LogP contribution >= 0.6 is 0 Å². The van der Waals surface area contributed by atoms with E-state index in [0.29, 0.717) is 22.4 Å². The van der Waals surface area contributed by atoms with Crippen LogP contribution in [0.25, 0.3) is 0 Å². The summed E-state index contributed by atoms with van der Waals surface area (Å²) in [5.74, 6) is -0.797. The lowest BCUT2D eigenvalue weighted by Crippen LogP contribution is -2.29. The lowest BCUT2D eigenvalue weighted by atomic mass is 10.1. The molecule has 0 atom stereocenters. The lowest BCUT2D eigenvalue weighted by molar-refractivity contribution is -0.142. The summed E-state index contributed by atoms with van der Waals surface area (Å²) >= 11 is 0. The molecule has 32 heavy (non-hydrogen) atoms. The largest absolute Gasteiger partial charge is 0.482 e. The van der Waals surface area contributed by atoms with Crippen molar-refractivity contribution in [3.63, 3.8) is 0 Å². The van der Waals surface area contributed by atoms with E-state index >= 15 is 0 Å². The molecule has 168 valence electrons. The van der Waals surface area contributed by atoms with Crippen molar-refractivity contribution >= 4 is 30.0 Å². The minimum atomic E-state index is -0.659. The summed E-state index contributed by atoms with van der Waals surface area (Å²) in [6, 6.07) is 12.6. The van der Waals surface area contributed by atoms with Crippen LogP contribution in [0.5, 0.6) is 5.75 Å². The highest BCUT2D eigenvalue weighted by Gasteiger charge is 2.10. The van der Waals surface area contributed by atoms with Crippen molar-refractivity contribution in [2.75, 3.05) is 26.9 Å². The van der Waals surface area contributed by atoms with E-state index < -0.39 is 18.0 Å². The smallest absolute Gasteiger partial charge is 0.427 e. The molecule has 0 spiro atoms. The topological polar surface area (TPSA) is 132 Å². The highest BCUT2D eigenvalue weighted by Crippen LogP contribution is 2.12. The molecule has 2 N–H and O–H groups in total. The molecule has 0 heterocycles. The first kappa shape index (κ1) is 24.1. The summed E-state index contributed by atoms with van der Waals surface area (Å²) in [6.07, 6.45) is 0.744. The summed E-state index contributed by atoms with van der Waals surface area (Å²) in [5.41, 5.74) is 3.60. The third kappa shape index (κ3) is 7.90. The number of amides is 2. The van der Waals surface area contributed by atoms with Gasteiger partial charge in [-0.3, -0.25) is 9.59 Å². The number of ether oxygens (including phenoxy) is 3. The first-order valence-electron chi connectivity index (χ1n) is 9.60. The van der Waals surface area contributed by atoms with E-state index in [2.05, 4.69) is 25.3 Å². The Labute approximate surface area is 184 Å².